The zero-order valence-electron chi connectivity index (χ0n) is 16.4. The molecule has 1 heterocycles. The lowest BCUT2D eigenvalue weighted by Gasteiger charge is -2.10. The average Bonchev–Trinajstić information content (AvgIpc) is 3.18. The monoisotopic (exact) mass is 381 g/mol. The van der Waals surface area contributed by atoms with Crippen molar-refractivity contribution in [1.82, 2.24) is 10.1 Å². The van der Waals surface area contributed by atoms with Crippen LogP contribution in [0, 0.1) is 13.8 Å². The van der Waals surface area contributed by atoms with Crippen molar-refractivity contribution in [3.63, 3.8) is 0 Å². The summed E-state index contributed by atoms with van der Waals surface area (Å²) in [5.74, 6) is 1.95. The van der Waals surface area contributed by atoms with Gasteiger partial charge in [0, 0.05) is 24.1 Å². The maximum Gasteiger partial charge on any atom is 0.227 e. The van der Waals surface area contributed by atoms with Crippen molar-refractivity contribution in [2.24, 2.45) is 0 Å². The quantitative estimate of drug-likeness (QED) is 0.667. The van der Waals surface area contributed by atoms with E-state index in [-0.39, 0.29) is 12.3 Å². The summed E-state index contributed by atoms with van der Waals surface area (Å²) in [5, 5.41) is 6.95. The van der Waals surface area contributed by atoms with Crippen LogP contribution >= 0.6 is 0 Å². The van der Waals surface area contributed by atoms with E-state index in [9.17, 15) is 4.79 Å². The molecule has 28 heavy (non-hydrogen) atoms. The van der Waals surface area contributed by atoms with Gasteiger partial charge >= 0.3 is 0 Å². The number of anilines is 1. The summed E-state index contributed by atoms with van der Waals surface area (Å²) in [4.78, 5) is 16.7. The Labute approximate surface area is 163 Å². The van der Waals surface area contributed by atoms with Crippen molar-refractivity contribution in [2.45, 2.75) is 26.7 Å². The molecule has 0 fully saturated rings. The first-order valence-electron chi connectivity index (χ1n) is 8.93. The van der Waals surface area contributed by atoms with E-state index in [1.54, 1.807) is 26.4 Å². The summed E-state index contributed by atoms with van der Waals surface area (Å²) in [6.07, 6.45) is 0.610. The van der Waals surface area contributed by atoms with Crippen molar-refractivity contribution in [3.8, 4) is 22.9 Å². The number of amides is 1. The second kappa shape index (κ2) is 8.56. The van der Waals surface area contributed by atoms with Gasteiger partial charge in [-0.05, 0) is 43.2 Å². The number of methoxy groups -OCH3 is 2. The fourth-order valence-electron chi connectivity index (χ4n) is 2.88. The van der Waals surface area contributed by atoms with Gasteiger partial charge in [-0.1, -0.05) is 23.4 Å². The fourth-order valence-corrected chi connectivity index (χ4v) is 2.88. The molecule has 0 saturated carbocycles. The third-order valence-electron chi connectivity index (χ3n) is 4.42. The maximum absolute atomic E-state index is 12.3. The molecule has 0 aliphatic heterocycles. The van der Waals surface area contributed by atoms with Gasteiger partial charge in [0.25, 0.3) is 0 Å². The molecule has 0 aliphatic carbocycles. The third kappa shape index (κ3) is 4.31. The van der Waals surface area contributed by atoms with E-state index in [0.717, 1.165) is 22.4 Å². The standard InChI is InChI=1S/C21H23N3O4/c1-13-6-5-7-14(2)20(13)22-18(25)10-11-19-23-21(24-28-19)15-8-9-16(26-3)17(12-15)27-4/h5-9,12H,10-11H2,1-4H3,(H,22,25). The van der Waals surface area contributed by atoms with Crippen LogP contribution in [0.15, 0.2) is 40.9 Å². The molecule has 7 nitrogen and oxygen atoms in total. The smallest absolute Gasteiger partial charge is 0.227 e. The Morgan fingerprint density at radius 2 is 1.79 bits per heavy atom. The number of carbonyl (C=O) groups is 1. The zero-order valence-corrected chi connectivity index (χ0v) is 16.4. The van der Waals surface area contributed by atoms with Gasteiger partial charge in [0.2, 0.25) is 17.6 Å². The number of benzene rings is 2. The predicted molar refractivity (Wildman–Crippen MR) is 106 cm³/mol. The predicted octanol–water partition coefficient (Wildman–Crippen LogP) is 3.94. The van der Waals surface area contributed by atoms with E-state index < -0.39 is 0 Å². The van der Waals surface area contributed by atoms with Gasteiger partial charge in [0.05, 0.1) is 14.2 Å². The minimum absolute atomic E-state index is 0.0942. The van der Waals surface area contributed by atoms with E-state index in [0.29, 0.717) is 29.6 Å². The first kappa shape index (κ1) is 19.4. The molecule has 7 heteroatoms. The Balaban J connectivity index is 1.64. The number of nitrogens with one attached hydrogen (secondary N) is 1. The molecule has 0 bridgehead atoms. The summed E-state index contributed by atoms with van der Waals surface area (Å²) in [5.41, 5.74) is 3.65. The normalized spacial score (nSPS) is 10.6. The molecule has 0 spiro atoms. The Morgan fingerprint density at radius 3 is 2.46 bits per heavy atom. The summed E-state index contributed by atoms with van der Waals surface area (Å²) >= 11 is 0. The molecule has 146 valence electrons. The van der Waals surface area contributed by atoms with Crippen LogP contribution in [0.1, 0.15) is 23.4 Å². The molecule has 0 saturated heterocycles. The number of para-hydroxylation sites is 1. The number of hydrogen-bond donors (Lipinski definition) is 1. The molecule has 3 rings (SSSR count). The summed E-state index contributed by atoms with van der Waals surface area (Å²) < 4.78 is 15.8. The fraction of sp³-hybridized carbons (Fsp3) is 0.286. The van der Waals surface area contributed by atoms with Crippen molar-refractivity contribution >= 4 is 11.6 Å². The Morgan fingerprint density at radius 1 is 1.07 bits per heavy atom. The topological polar surface area (TPSA) is 86.5 Å². The highest BCUT2D eigenvalue weighted by Gasteiger charge is 2.14. The van der Waals surface area contributed by atoms with Gasteiger partial charge in [-0.25, -0.2) is 0 Å². The van der Waals surface area contributed by atoms with Crippen LogP contribution in [-0.4, -0.2) is 30.3 Å². The zero-order chi connectivity index (χ0) is 20.1. The van der Waals surface area contributed by atoms with E-state index >= 15 is 0 Å². The average molecular weight is 381 g/mol. The van der Waals surface area contributed by atoms with Crippen LogP contribution in [0.3, 0.4) is 0 Å². The minimum atomic E-state index is -0.0942. The van der Waals surface area contributed by atoms with Crippen LogP contribution in [0.5, 0.6) is 11.5 Å². The van der Waals surface area contributed by atoms with Crippen LogP contribution in [0.25, 0.3) is 11.4 Å². The number of aryl methyl sites for hydroxylation is 3. The minimum Gasteiger partial charge on any atom is -0.493 e. The van der Waals surface area contributed by atoms with E-state index in [4.69, 9.17) is 14.0 Å². The molecule has 1 amide bonds. The second-order valence-electron chi connectivity index (χ2n) is 6.40. The molecule has 1 aromatic heterocycles. The van der Waals surface area contributed by atoms with E-state index in [1.807, 2.05) is 38.1 Å². The molecule has 0 unspecified atom stereocenters. The van der Waals surface area contributed by atoms with Gasteiger partial charge in [-0.15, -0.1) is 0 Å². The van der Waals surface area contributed by atoms with Gasteiger partial charge < -0.3 is 19.3 Å². The van der Waals surface area contributed by atoms with Gasteiger partial charge in [0.15, 0.2) is 11.5 Å². The lowest BCUT2D eigenvalue weighted by molar-refractivity contribution is -0.116. The second-order valence-corrected chi connectivity index (χ2v) is 6.40. The highest BCUT2D eigenvalue weighted by atomic mass is 16.5. The van der Waals surface area contributed by atoms with Crippen LogP contribution in [0.4, 0.5) is 5.69 Å². The number of ether oxygens (including phenoxy) is 2. The number of rotatable bonds is 7. The number of hydrogen-bond acceptors (Lipinski definition) is 6. The summed E-state index contributed by atoms with van der Waals surface area (Å²) in [6, 6.07) is 11.3. The molecular weight excluding hydrogens is 358 g/mol. The third-order valence-corrected chi connectivity index (χ3v) is 4.42. The molecule has 3 aromatic rings. The molecule has 2 aromatic carbocycles. The number of carbonyl (C=O) groups excluding carboxylic acids is 1. The van der Waals surface area contributed by atoms with Crippen molar-refractivity contribution in [2.75, 3.05) is 19.5 Å². The first-order chi connectivity index (χ1) is 13.5. The summed E-state index contributed by atoms with van der Waals surface area (Å²) in [7, 11) is 3.14. The number of aromatic nitrogens is 2. The Bertz CT molecular complexity index is 961. The van der Waals surface area contributed by atoms with E-state index in [2.05, 4.69) is 15.5 Å². The number of nitrogens with zero attached hydrogens (tertiary/aromatic N) is 2. The maximum atomic E-state index is 12.3. The lowest BCUT2D eigenvalue weighted by atomic mass is 10.1. The first-order valence-corrected chi connectivity index (χ1v) is 8.93. The molecular formula is C21H23N3O4. The van der Waals surface area contributed by atoms with Crippen molar-refractivity contribution < 1.29 is 18.8 Å². The molecule has 0 aliphatic rings. The van der Waals surface area contributed by atoms with Crippen molar-refractivity contribution in [1.29, 1.82) is 0 Å². The van der Waals surface area contributed by atoms with Gasteiger partial charge in [-0.2, -0.15) is 4.98 Å². The van der Waals surface area contributed by atoms with Gasteiger partial charge in [0.1, 0.15) is 0 Å². The summed E-state index contributed by atoms with van der Waals surface area (Å²) in [6.45, 7) is 3.94. The van der Waals surface area contributed by atoms with Crippen LogP contribution in [0.2, 0.25) is 0 Å². The van der Waals surface area contributed by atoms with Crippen molar-refractivity contribution in [3.05, 3.63) is 53.4 Å². The highest BCUT2D eigenvalue weighted by molar-refractivity contribution is 5.92. The van der Waals surface area contributed by atoms with Crippen LogP contribution < -0.4 is 14.8 Å². The lowest BCUT2D eigenvalue weighted by Crippen LogP contribution is -2.14. The molecule has 0 atom stereocenters. The highest BCUT2D eigenvalue weighted by Crippen LogP contribution is 2.31. The Kier molecular flexibility index (Phi) is 5.93. The molecule has 1 N–H and O–H groups in total. The Hall–Kier alpha value is -3.35. The van der Waals surface area contributed by atoms with Gasteiger partial charge in [-0.3, -0.25) is 4.79 Å². The molecule has 0 radical (unpaired) electrons. The van der Waals surface area contributed by atoms with E-state index in [1.165, 1.54) is 0 Å². The van der Waals surface area contributed by atoms with Crippen LogP contribution in [-0.2, 0) is 11.2 Å². The SMILES string of the molecule is COc1ccc(-c2noc(CCC(=O)Nc3c(C)cccc3C)n2)cc1OC. The largest absolute Gasteiger partial charge is 0.493 e.